The lowest BCUT2D eigenvalue weighted by atomic mass is 9.86. The van der Waals surface area contributed by atoms with Crippen LogP contribution in [-0.2, 0) is 4.74 Å². The maximum atomic E-state index is 6.12. The zero-order valence-electron chi connectivity index (χ0n) is 11.6. The summed E-state index contributed by atoms with van der Waals surface area (Å²) in [5, 5.41) is 0. The van der Waals surface area contributed by atoms with E-state index < -0.39 is 0 Å². The van der Waals surface area contributed by atoms with Crippen LogP contribution in [0.2, 0.25) is 0 Å². The fraction of sp³-hybridized carbons (Fsp3) is 1.00. The molecule has 3 nitrogen and oxygen atoms in total. The van der Waals surface area contributed by atoms with Crippen molar-refractivity contribution in [3.05, 3.63) is 0 Å². The zero-order chi connectivity index (χ0) is 12.5. The highest BCUT2D eigenvalue weighted by molar-refractivity contribution is 4.97. The van der Waals surface area contributed by atoms with E-state index in [0.717, 1.165) is 25.1 Å². The highest BCUT2D eigenvalue weighted by atomic mass is 16.5. The molecule has 2 unspecified atom stereocenters. The topological polar surface area (TPSA) is 38.5 Å². The lowest BCUT2D eigenvalue weighted by molar-refractivity contribution is 0.0619. The smallest absolute Gasteiger partial charge is 0.0467 e. The number of nitrogens with two attached hydrogens (primary N) is 1. The first-order chi connectivity index (χ1) is 8.02. The first kappa shape index (κ1) is 13.3. The maximum absolute atomic E-state index is 6.12. The molecule has 2 N–H and O–H groups in total. The summed E-state index contributed by atoms with van der Waals surface area (Å²) in [6.45, 7) is 6.80. The molecule has 2 fully saturated rings. The van der Waals surface area contributed by atoms with Crippen molar-refractivity contribution in [2.24, 2.45) is 11.1 Å². The van der Waals surface area contributed by atoms with Gasteiger partial charge in [0.05, 0.1) is 0 Å². The van der Waals surface area contributed by atoms with Crippen LogP contribution in [0.3, 0.4) is 0 Å². The van der Waals surface area contributed by atoms with Crippen molar-refractivity contribution in [1.82, 2.24) is 4.90 Å². The Bertz CT molecular complexity index is 241. The number of ether oxygens (including phenoxy) is 1. The highest BCUT2D eigenvalue weighted by Gasteiger charge is 2.41. The molecule has 2 heterocycles. The number of piperidine rings is 1. The molecule has 3 heteroatoms. The number of hydrogen-bond acceptors (Lipinski definition) is 3. The molecule has 0 spiro atoms. The molecule has 0 amide bonds. The van der Waals surface area contributed by atoms with Gasteiger partial charge in [-0.2, -0.15) is 0 Å². The minimum atomic E-state index is 0.359. The molecule has 0 aromatic rings. The van der Waals surface area contributed by atoms with Crippen LogP contribution in [0.25, 0.3) is 0 Å². The van der Waals surface area contributed by atoms with Gasteiger partial charge in [-0.05, 0) is 37.5 Å². The number of fused-ring (bicyclic) bond motifs is 2. The SMILES string of the molecule is COCCC(C)(C)CN1C2CCC1CC(N)C2. The first-order valence-electron chi connectivity index (χ1n) is 7.02. The molecule has 2 saturated heterocycles. The van der Waals surface area contributed by atoms with Crippen LogP contribution >= 0.6 is 0 Å². The Kier molecular flexibility index (Phi) is 4.11. The van der Waals surface area contributed by atoms with Gasteiger partial charge in [0.15, 0.2) is 0 Å². The minimum Gasteiger partial charge on any atom is -0.385 e. The van der Waals surface area contributed by atoms with Gasteiger partial charge >= 0.3 is 0 Å². The molecule has 0 aromatic carbocycles. The van der Waals surface area contributed by atoms with Crippen LogP contribution in [0.4, 0.5) is 0 Å². The normalized spacial score (nSPS) is 34.2. The van der Waals surface area contributed by atoms with E-state index in [1.165, 1.54) is 32.2 Å². The second-order valence-corrected chi connectivity index (χ2v) is 6.70. The summed E-state index contributed by atoms with van der Waals surface area (Å²) < 4.78 is 5.21. The van der Waals surface area contributed by atoms with E-state index in [1.807, 2.05) is 0 Å². The summed E-state index contributed by atoms with van der Waals surface area (Å²) in [5.74, 6) is 0. The molecule has 0 saturated carbocycles. The van der Waals surface area contributed by atoms with Gasteiger partial charge in [-0.1, -0.05) is 13.8 Å². The summed E-state index contributed by atoms with van der Waals surface area (Å²) >= 11 is 0. The van der Waals surface area contributed by atoms with Gasteiger partial charge < -0.3 is 10.5 Å². The molecule has 2 aliphatic rings. The van der Waals surface area contributed by atoms with Gasteiger partial charge in [-0.15, -0.1) is 0 Å². The molecule has 100 valence electrons. The summed E-state index contributed by atoms with van der Waals surface area (Å²) in [4.78, 5) is 2.74. The second kappa shape index (κ2) is 5.25. The average molecular weight is 240 g/mol. The fourth-order valence-electron chi connectivity index (χ4n) is 3.53. The van der Waals surface area contributed by atoms with E-state index in [1.54, 1.807) is 7.11 Å². The Labute approximate surface area is 106 Å². The molecular formula is C14H28N2O. The van der Waals surface area contributed by atoms with E-state index in [0.29, 0.717) is 11.5 Å². The lowest BCUT2D eigenvalue weighted by Crippen LogP contribution is -2.50. The quantitative estimate of drug-likeness (QED) is 0.799. The Morgan fingerprint density at radius 2 is 1.82 bits per heavy atom. The Morgan fingerprint density at radius 3 is 2.35 bits per heavy atom. The Hall–Kier alpha value is -0.120. The number of nitrogens with zero attached hydrogens (tertiary/aromatic N) is 1. The van der Waals surface area contributed by atoms with Gasteiger partial charge in [0, 0.05) is 38.4 Å². The maximum Gasteiger partial charge on any atom is 0.0467 e. The van der Waals surface area contributed by atoms with E-state index in [2.05, 4.69) is 18.7 Å². The minimum absolute atomic E-state index is 0.359. The first-order valence-corrected chi connectivity index (χ1v) is 7.02. The van der Waals surface area contributed by atoms with E-state index in [4.69, 9.17) is 10.5 Å². The molecule has 2 bridgehead atoms. The summed E-state index contributed by atoms with van der Waals surface area (Å²) in [6, 6.07) is 1.96. The van der Waals surface area contributed by atoms with Crippen LogP contribution in [0.5, 0.6) is 0 Å². The standard InChI is InChI=1S/C14H28N2O/c1-14(2,6-7-17-3)10-16-12-4-5-13(16)9-11(15)8-12/h11-13H,4-10,15H2,1-3H3. The van der Waals surface area contributed by atoms with Crippen molar-refractivity contribution in [2.75, 3.05) is 20.3 Å². The molecule has 0 radical (unpaired) electrons. The zero-order valence-corrected chi connectivity index (χ0v) is 11.6. The van der Waals surface area contributed by atoms with Gasteiger partial charge in [0.1, 0.15) is 0 Å². The largest absolute Gasteiger partial charge is 0.385 e. The lowest BCUT2D eigenvalue weighted by Gasteiger charge is -2.42. The van der Waals surface area contributed by atoms with Gasteiger partial charge in [0.25, 0.3) is 0 Å². The van der Waals surface area contributed by atoms with Crippen molar-refractivity contribution < 1.29 is 4.74 Å². The molecular weight excluding hydrogens is 212 g/mol. The fourth-order valence-corrected chi connectivity index (χ4v) is 3.53. The monoisotopic (exact) mass is 240 g/mol. The third-order valence-corrected chi connectivity index (χ3v) is 4.51. The summed E-state index contributed by atoms with van der Waals surface area (Å²) in [5.41, 5.74) is 6.47. The van der Waals surface area contributed by atoms with Crippen molar-refractivity contribution in [2.45, 2.75) is 64.1 Å². The van der Waals surface area contributed by atoms with Crippen molar-refractivity contribution >= 4 is 0 Å². The average Bonchev–Trinajstić information content (AvgIpc) is 2.50. The number of rotatable bonds is 5. The molecule has 17 heavy (non-hydrogen) atoms. The van der Waals surface area contributed by atoms with Crippen LogP contribution < -0.4 is 5.73 Å². The molecule has 0 aromatic heterocycles. The Balaban J connectivity index is 1.91. The van der Waals surface area contributed by atoms with E-state index >= 15 is 0 Å². The summed E-state index contributed by atoms with van der Waals surface area (Å²) in [6.07, 6.45) is 6.27. The van der Waals surface area contributed by atoms with Crippen LogP contribution in [0, 0.1) is 5.41 Å². The summed E-state index contributed by atoms with van der Waals surface area (Å²) in [7, 11) is 1.79. The number of hydrogen-bond donors (Lipinski definition) is 1. The van der Waals surface area contributed by atoms with Gasteiger partial charge in [-0.25, -0.2) is 0 Å². The van der Waals surface area contributed by atoms with Crippen molar-refractivity contribution in [3.8, 4) is 0 Å². The molecule has 0 aliphatic carbocycles. The molecule has 2 aliphatic heterocycles. The highest BCUT2D eigenvalue weighted by Crippen LogP contribution is 2.37. The van der Waals surface area contributed by atoms with Crippen molar-refractivity contribution in [3.63, 3.8) is 0 Å². The van der Waals surface area contributed by atoms with E-state index in [9.17, 15) is 0 Å². The predicted octanol–water partition coefficient (Wildman–Crippen LogP) is 2.00. The Morgan fingerprint density at radius 1 is 1.24 bits per heavy atom. The number of methoxy groups -OCH3 is 1. The predicted molar refractivity (Wildman–Crippen MR) is 71.0 cm³/mol. The van der Waals surface area contributed by atoms with Gasteiger partial charge in [-0.3, -0.25) is 4.90 Å². The van der Waals surface area contributed by atoms with E-state index in [-0.39, 0.29) is 0 Å². The third-order valence-electron chi connectivity index (χ3n) is 4.51. The van der Waals surface area contributed by atoms with Crippen molar-refractivity contribution in [1.29, 1.82) is 0 Å². The van der Waals surface area contributed by atoms with Gasteiger partial charge in [0.2, 0.25) is 0 Å². The molecule has 2 rings (SSSR count). The third kappa shape index (κ3) is 3.21. The second-order valence-electron chi connectivity index (χ2n) is 6.70. The van der Waals surface area contributed by atoms with Crippen LogP contribution in [0.15, 0.2) is 0 Å². The molecule has 2 atom stereocenters. The van der Waals surface area contributed by atoms with Crippen LogP contribution in [-0.4, -0.2) is 43.3 Å². The van der Waals surface area contributed by atoms with Crippen LogP contribution in [0.1, 0.15) is 46.0 Å².